The van der Waals surface area contributed by atoms with E-state index in [0.29, 0.717) is 16.3 Å². The molecule has 2 heterocycles. The Hall–Kier alpha value is -3.72. The SMILES string of the molecule is CCc1ccc(N[C@@H]2NC(=O)/C(=C/c3cc(C)n(-c4ccc([N+](=O)[O-])cc4OC)c3C)S2)cc1. The first-order chi connectivity index (χ1) is 16.3. The van der Waals surface area contributed by atoms with Crippen molar-refractivity contribution in [2.75, 3.05) is 12.4 Å². The highest BCUT2D eigenvalue weighted by molar-refractivity contribution is 8.05. The molecular formula is C25H26N4O4S. The van der Waals surface area contributed by atoms with Crippen molar-refractivity contribution in [2.24, 2.45) is 0 Å². The topological polar surface area (TPSA) is 98.4 Å². The second kappa shape index (κ2) is 9.64. The van der Waals surface area contributed by atoms with Crippen LogP contribution in [0.25, 0.3) is 11.8 Å². The number of ether oxygens (including phenoxy) is 1. The molecule has 1 aliphatic heterocycles. The molecule has 0 spiro atoms. The summed E-state index contributed by atoms with van der Waals surface area (Å²) in [7, 11) is 1.49. The molecule has 0 unspecified atom stereocenters. The van der Waals surface area contributed by atoms with Crippen molar-refractivity contribution in [2.45, 2.75) is 32.7 Å². The molecule has 1 aromatic heterocycles. The van der Waals surface area contributed by atoms with Gasteiger partial charge in [0.15, 0.2) is 5.50 Å². The summed E-state index contributed by atoms with van der Waals surface area (Å²) in [5, 5.41) is 17.4. The fraction of sp³-hybridized carbons (Fsp3) is 0.240. The van der Waals surface area contributed by atoms with Crippen LogP contribution in [0.15, 0.2) is 53.4 Å². The van der Waals surface area contributed by atoms with Gasteiger partial charge in [0.05, 0.1) is 28.7 Å². The van der Waals surface area contributed by atoms with E-state index in [2.05, 4.69) is 29.7 Å². The first-order valence-corrected chi connectivity index (χ1v) is 11.7. The third kappa shape index (κ3) is 4.65. The number of aromatic nitrogens is 1. The van der Waals surface area contributed by atoms with Crippen molar-refractivity contribution in [3.63, 3.8) is 0 Å². The maximum absolute atomic E-state index is 12.6. The number of rotatable bonds is 7. The number of nitrogens with zero attached hydrogens (tertiary/aromatic N) is 2. The predicted octanol–water partition coefficient (Wildman–Crippen LogP) is 5.17. The number of anilines is 1. The summed E-state index contributed by atoms with van der Waals surface area (Å²) in [5.74, 6) is 0.270. The van der Waals surface area contributed by atoms with Crippen LogP contribution >= 0.6 is 11.8 Å². The Bertz CT molecular complexity index is 1280. The molecule has 0 bridgehead atoms. The monoisotopic (exact) mass is 478 g/mol. The Morgan fingerprint density at radius 1 is 1.21 bits per heavy atom. The van der Waals surface area contributed by atoms with Gasteiger partial charge in [0.2, 0.25) is 0 Å². The van der Waals surface area contributed by atoms with Gasteiger partial charge in [-0.25, -0.2) is 0 Å². The lowest BCUT2D eigenvalue weighted by atomic mass is 10.1. The quantitative estimate of drug-likeness (QED) is 0.276. The van der Waals surface area contributed by atoms with E-state index >= 15 is 0 Å². The first kappa shape index (κ1) is 23.4. The number of nitro benzene ring substituents is 1. The summed E-state index contributed by atoms with van der Waals surface area (Å²) >= 11 is 1.43. The highest BCUT2D eigenvalue weighted by Gasteiger charge is 2.28. The van der Waals surface area contributed by atoms with Crippen LogP contribution < -0.4 is 15.4 Å². The van der Waals surface area contributed by atoms with Gasteiger partial charge in [-0.05, 0) is 61.7 Å². The molecule has 1 fully saturated rings. The van der Waals surface area contributed by atoms with E-state index in [0.717, 1.165) is 29.1 Å². The molecule has 8 nitrogen and oxygen atoms in total. The third-order valence-corrected chi connectivity index (χ3v) is 6.79. The Kier molecular flexibility index (Phi) is 6.65. The second-order valence-corrected chi connectivity index (χ2v) is 9.10. The normalized spacial score (nSPS) is 16.5. The largest absolute Gasteiger partial charge is 0.494 e. The van der Waals surface area contributed by atoms with E-state index < -0.39 is 4.92 Å². The summed E-state index contributed by atoms with van der Waals surface area (Å²) in [4.78, 5) is 23.9. The van der Waals surface area contributed by atoms with Crippen molar-refractivity contribution < 1.29 is 14.5 Å². The smallest absolute Gasteiger partial charge is 0.273 e. The lowest BCUT2D eigenvalue weighted by molar-refractivity contribution is -0.384. The molecule has 34 heavy (non-hydrogen) atoms. The highest BCUT2D eigenvalue weighted by atomic mass is 32.2. The van der Waals surface area contributed by atoms with Gasteiger partial charge in [-0.15, -0.1) is 0 Å². The molecule has 0 radical (unpaired) electrons. The molecule has 4 rings (SSSR count). The van der Waals surface area contributed by atoms with Gasteiger partial charge in [0.1, 0.15) is 5.75 Å². The minimum absolute atomic E-state index is 0.0349. The zero-order valence-corrected chi connectivity index (χ0v) is 20.2. The minimum Gasteiger partial charge on any atom is -0.494 e. The molecule has 1 atom stereocenters. The van der Waals surface area contributed by atoms with E-state index in [4.69, 9.17) is 4.74 Å². The van der Waals surface area contributed by atoms with Crippen LogP contribution in [0.1, 0.15) is 29.4 Å². The maximum atomic E-state index is 12.6. The lowest BCUT2D eigenvalue weighted by Crippen LogP contribution is -2.30. The summed E-state index contributed by atoms with van der Waals surface area (Å²) in [6.07, 6.45) is 2.85. The summed E-state index contributed by atoms with van der Waals surface area (Å²) in [6, 6.07) is 14.7. The van der Waals surface area contributed by atoms with E-state index in [1.54, 1.807) is 6.07 Å². The fourth-order valence-electron chi connectivity index (χ4n) is 3.96. The maximum Gasteiger partial charge on any atom is 0.273 e. The van der Waals surface area contributed by atoms with Crippen LogP contribution in [-0.2, 0) is 11.2 Å². The van der Waals surface area contributed by atoms with Crippen LogP contribution in [0.2, 0.25) is 0 Å². The molecule has 2 aromatic carbocycles. The fourth-order valence-corrected chi connectivity index (χ4v) is 4.94. The molecule has 0 aliphatic carbocycles. The number of non-ortho nitro benzene ring substituents is 1. The van der Waals surface area contributed by atoms with E-state index in [1.807, 2.05) is 42.7 Å². The molecule has 1 aliphatic rings. The number of nitro groups is 1. The molecule has 0 saturated carbocycles. The molecule has 1 saturated heterocycles. The molecular weight excluding hydrogens is 452 g/mol. The molecule has 176 valence electrons. The number of hydrogen-bond acceptors (Lipinski definition) is 6. The van der Waals surface area contributed by atoms with E-state index in [-0.39, 0.29) is 17.1 Å². The van der Waals surface area contributed by atoms with Gasteiger partial charge < -0.3 is 19.9 Å². The Morgan fingerprint density at radius 2 is 1.94 bits per heavy atom. The summed E-state index contributed by atoms with van der Waals surface area (Å²) in [6.45, 7) is 6.01. The van der Waals surface area contributed by atoms with Crippen molar-refractivity contribution in [1.82, 2.24) is 9.88 Å². The van der Waals surface area contributed by atoms with Crippen LogP contribution in [-0.4, -0.2) is 28.0 Å². The average Bonchev–Trinajstić information content (AvgIpc) is 3.31. The van der Waals surface area contributed by atoms with E-state index in [1.165, 1.54) is 36.6 Å². The summed E-state index contributed by atoms with van der Waals surface area (Å²) in [5.41, 5.74) is 5.32. The Morgan fingerprint density at radius 3 is 2.59 bits per heavy atom. The van der Waals surface area contributed by atoms with Gasteiger partial charge in [-0.3, -0.25) is 14.9 Å². The zero-order valence-electron chi connectivity index (χ0n) is 19.4. The zero-order chi connectivity index (χ0) is 24.4. The van der Waals surface area contributed by atoms with Crippen molar-refractivity contribution >= 4 is 35.1 Å². The third-order valence-electron chi connectivity index (χ3n) is 5.76. The number of carbonyl (C=O) groups is 1. The Labute approximate surface area is 202 Å². The van der Waals surface area contributed by atoms with Gasteiger partial charge >= 0.3 is 0 Å². The number of hydrogen-bond donors (Lipinski definition) is 2. The van der Waals surface area contributed by atoms with Crippen LogP contribution in [0.4, 0.5) is 11.4 Å². The van der Waals surface area contributed by atoms with Crippen molar-refractivity contribution in [3.05, 3.63) is 86.1 Å². The molecule has 2 N–H and O–H groups in total. The van der Waals surface area contributed by atoms with Crippen molar-refractivity contribution in [1.29, 1.82) is 0 Å². The number of thioether (sulfide) groups is 1. The molecule has 9 heteroatoms. The van der Waals surface area contributed by atoms with Gasteiger partial charge in [0.25, 0.3) is 11.6 Å². The number of aryl methyl sites for hydroxylation is 2. The lowest BCUT2D eigenvalue weighted by Gasteiger charge is -2.14. The molecule has 3 aromatic rings. The number of carbonyl (C=O) groups excluding carboxylic acids is 1. The molecule has 1 amide bonds. The van der Waals surface area contributed by atoms with Crippen molar-refractivity contribution in [3.8, 4) is 11.4 Å². The predicted molar refractivity (Wildman–Crippen MR) is 135 cm³/mol. The summed E-state index contributed by atoms with van der Waals surface area (Å²) < 4.78 is 7.40. The average molecular weight is 479 g/mol. The minimum atomic E-state index is -0.448. The van der Waals surface area contributed by atoms with Crippen LogP contribution in [0.3, 0.4) is 0 Å². The standard InChI is InChI=1S/C25H26N4O4S/c1-5-17-6-8-19(9-7-17)26-25-27-24(30)23(34-25)13-18-12-15(2)28(16(18)3)21-11-10-20(29(31)32)14-22(21)33-4/h6-14,25-26H,5H2,1-4H3,(H,27,30)/b23-13-/t25-/m1/s1. The van der Waals surface area contributed by atoms with Gasteiger partial charge in [0, 0.05) is 23.1 Å². The first-order valence-electron chi connectivity index (χ1n) is 10.9. The number of benzene rings is 2. The van der Waals surface area contributed by atoms with Crippen LogP contribution in [0.5, 0.6) is 5.75 Å². The van der Waals surface area contributed by atoms with Gasteiger partial charge in [-0.1, -0.05) is 30.8 Å². The number of methoxy groups -OCH3 is 1. The Balaban J connectivity index is 1.59. The second-order valence-electron chi connectivity index (χ2n) is 7.95. The highest BCUT2D eigenvalue weighted by Crippen LogP contribution is 2.34. The van der Waals surface area contributed by atoms with Gasteiger partial charge in [-0.2, -0.15) is 0 Å². The number of nitrogens with one attached hydrogen (secondary N) is 2. The van der Waals surface area contributed by atoms with Crippen LogP contribution in [0, 0.1) is 24.0 Å². The van der Waals surface area contributed by atoms with E-state index in [9.17, 15) is 14.9 Å². The number of amides is 1.